The van der Waals surface area contributed by atoms with Gasteiger partial charge in [0.05, 0.1) is 13.7 Å². The maximum Gasteiger partial charge on any atom is 0.306 e. The highest BCUT2D eigenvalue weighted by molar-refractivity contribution is 5.69. The van der Waals surface area contributed by atoms with Crippen LogP contribution in [0.1, 0.15) is 31.4 Å². The molecule has 3 nitrogen and oxygen atoms in total. The number of carbonyl (C=O) groups excluding carboxylic acids is 1. The van der Waals surface area contributed by atoms with Gasteiger partial charge >= 0.3 is 5.97 Å². The molecule has 0 saturated carbocycles. The average Bonchev–Trinajstić information content (AvgIpc) is 2.36. The third-order valence-electron chi connectivity index (χ3n) is 2.78. The molecule has 0 fully saturated rings. The van der Waals surface area contributed by atoms with Crippen LogP contribution in [0, 0.1) is 5.82 Å². The molecule has 0 aromatic heterocycles. The molecule has 0 aliphatic carbocycles. The molecular weight excluding hydrogens is 235 g/mol. The summed E-state index contributed by atoms with van der Waals surface area (Å²) in [6.45, 7) is 4.02. The number of halogens is 1. The monoisotopic (exact) mass is 254 g/mol. The summed E-state index contributed by atoms with van der Waals surface area (Å²) in [6.07, 6.45) is 1.33. The van der Waals surface area contributed by atoms with E-state index in [1.807, 2.05) is 6.92 Å². The van der Waals surface area contributed by atoms with E-state index < -0.39 is 0 Å². The number of ether oxygens (including phenoxy) is 2. The molecule has 0 atom stereocenters. The summed E-state index contributed by atoms with van der Waals surface area (Å²) in [4.78, 5) is 11.3. The summed E-state index contributed by atoms with van der Waals surface area (Å²) >= 11 is 0. The average molecular weight is 254 g/mol. The lowest BCUT2D eigenvalue weighted by atomic mass is 10.00. The second-order valence-electron chi connectivity index (χ2n) is 3.88. The van der Waals surface area contributed by atoms with Crippen LogP contribution in [0.5, 0.6) is 5.75 Å². The van der Waals surface area contributed by atoms with Gasteiger partial charge in [-0.3, -0.25) is 4.79 Å². The van der Waals surface area contributed by atoms with E-state index in [1.54, 1.807) is 19.1 Å². The van der Waals surface area contributed by atoms with Gasteiger partial charge in [0.25, 0.3) is 0 Å². The number of methoxy groups -OCH3 is 1. The number of hydrogen-bond donors (Lipinski definition) is 0. The van der Waals surface area contributed by atoms with Gasteiger partial charge in [0.1, 0.15) is 0 Å². The molecule has 0 aliphatic heterocycles. The van der Waals surface area contributed by atoms with Crippen molar-refractivity contribution in [2.45, 2.75) is 33.1 Å². The normalized spacial score (nSPS) is 10.2. The van der Waals surface area contributed by atoms with Crippen LogP contribution in [0.15, 0.2) is 12.1 Å². The summed E-state index contributed by atoms with van der Waals surface area (Å²) in [5.74, 6) is -0.344. The maximum absolute atomic E-state index is 14.0. The summed E-state index contributed by atoms with van der Waals surface area (Å²) in [5.41, 5.74) is 1.45. The molecule has 0 saturated heterocycles. The fourth-order valence-electron chi connectivity index (χ4n) is 1.88. The summed E-state index contributed by atoms with van der Waals surface area (Å²) in [5, 5.41) is 0. The first-order chi connectivity index (χ1) is 8.63. The first kappa shape index (κ1) is 14.5. The van der Waals surface area contributed by atoms with Gasteiger partial charge in [-0.1, -0.05) is 13.0 Å². The highest BCUT2D eigenvalue weighted by Crippen LogP contribution is 2.25. The minimum absolute atomic E-state index is 0.242. The molecule has 0 amide bonds. The van der Waals surface area contributed by atoms with Crippen LogP contribution in [0.4, 0.5) is 4.39 Å². The molecule has 0 spiro atoms. The van der Waals surface area contributed by atoms with E-state index in [0.29, 0.717) is 25.0 Å². The second-order valence-corrected chi connectivity index (χ2v) is 3.88. The molecule has 1 aromatic rings. The van der Waals surface area contributed by atoms with Crippen LogP contribution in [-0.4, -0.2) is 19.7 Å². The molecule has 4 heteroatoms. The van der Waals surface area contributed by atoms with Gasteiger partial charge in [-0.05, 0) is 37.0 Å². The van der Waals surface area contributed by atoms with Crippen LogP contribution in [0.25, 0.3) is 0 Å². The van der Waals surface area contributed by atoms with E-state index in [1.165, 1.54) is 7.11 Å². The summed E-state index contributed by atoms with van der Waals surface area (Å²) in [6, 6.07) is 3.40. The molecule has 100 valence electrons. The lowest BCUT2D eigenvalue weighted by Crippen LogP contribution is -2.07. The zero-order valence-electron chi connectivity index (χ0n) is 11.1. The van der Waals surface area contributed by atoms with Crippen LogP contribution in [-0.2, 0) is 22.4 Å². The fourth-order valence-corrected chi connectivity index (χ4v) is 1.88. The first-order valence-corrected chi connectivity index (χ1v) is 6.13. The van der Waals surface area contributed by atoms with Gasteiger partial charge in [-0.25, -0.2) is 4.39 Å². The Kier molecular flexibility index (Phi) is 5.62. The third kappa shape index (κ3) is 3.45. The van der Waals surface area contributed by atoms with E-state index in [4.69, 9.17) is 9.47 Å². The minimum atomic E-state index is -0.332. The molecule has 0 bridgehead atoms. The van der Waals surface area contributed by atoms with Gasteiger partial charge < -0.3 is 9.47 Å². The number of benzene rings is 1. The van der Waals surface area contributed by atoms with Crippen molar-refractivity contribution in [3.05, 3.63) is 29.1 Å². The Hall–Kier alpha value is -1.58. The third-order valence-corrected chi connectivity index (χ3v) is 2.78. The second kappa shape index (κ2) is 6.99. The fraction of sp³-hybridized carbons (Fsp3) is 0.500. The lowest BCUT2D eigenvalue weighted by Gasteiger charge is -2.11. The van der Waals surface area contributed by atoms with Crippen LogP contribution in [0.2, 0.25) is 0 Å². The molecule has 0 radical (unpaired) electrons. The molecule has 0 N–H and O–H groups in total. The molecular formula is C14H19FO3. The Morgan fingerprint density at radius 3 is 2.61 bits per heavy atom. The quantitative estimate of drug-likeness (QED) is 0.732. The first-order valence-electron chi connectivity index (χ1n) is 6.13. The Labute approximate surface area is 107 Å². The van der Waals surface area contributed by atoms with Crippen molar-refractivity contribution in [1.29, 1.82) is 0 Å². The Morgan fingerprint density at radius 2 is 2.06 bits per heavy atom. The van der Waals surface area contributed by atoms with Gasteiger partial charge in [0, 0.05) is 6.42 Å². The van der Waals surface area contributed by atoms with Gasteiger partial charge in [-0.2, -0.15) is 0 Å². The van der Waals surface area contributed by atoms with Crippen molar-refractivity contribution in [3.8, 4) is 5.75 Å². The van der Waals surface area contributed by atoms with Crippen molar-refractivity contribution in [1.82, 2.24) is 0 Å². The zero-order chi connectivity index (χ0) is 13.5. The predicted octanol–water partition coefficient (Wildman–Crippen LogP) is 2.89. The SMILES string of the molecule is CCOC(=O)CCc1ccc(OC)c(F)c1CC. The lowest BCUT2D eigenvalue weighted by molar-refractivity contribution is -0.143. The van der Waals surface area contributed by atoms with E-state index in [9.17, 15) is 9.18 Å². The number of esters is 1. The van der Waals surface area contributed by atoms with E-state index in [0.717, 1.165) is 5.56 Å². The number of rotatable bonds is 6. The molecule has 0 heterocycles. The highest BCUT2D eigenvalue weighted by atomic mass is 19.1. The Bertz CT molecular complexity index is 416. The Morgan fingerprint density at radius 1 is 1.33 bits per heavy atom. The number of aryl methyl sites for hydroxylation is 1. The van der Waals surface area contributed by atoms with Crippen molar-refractivity contribution >= 4 is 5.97 Å². The van der Waals surface area contributed by atoms with Crippen molar-refractivity contribution < 1.29 is 18.7 Å². The van der Waals surface area contributed by atoms with Crippen LogP contribution in [0.3, 0.4) is 0 Å². The number of carbonyl (C=O) groups is 1. The van der Waals surface area contributed by atoms with Crippen molar-refractivity contribution in [3.63, 3.8) is 0 Å². The van der Waals surface area contributed by atoms with Crippen molar-refractivity contribution in [2.75, 3.05) is 13.7 Å². The summed E-state index contributed by atoms with van der Waals surface area (Å²) < 4.78 is 23.8. The molecule has 1 aromatic carbocycles. The predicted molar refractivity (Wildman–Crippen MR) is 67.3 cm³/mol. The molecule has 1 rings (SSSR count). The molecule has 0 aliphatic rings. The number of hydrogen-bond acceptors (Lipinski definition) is 3. The van der Waals surface area contributed by atoms with Gasteiger partial charge in [0.2, 0.25) is 0 Å². The largest absolute Gasteiger partial charge is 0.494 e. The maximum atomic E-state index is 14.0. The zero-order valence-corrected chi connectivity index (χ0v) is 11.1. The summed E-state index contributed by atoms with van der Waals surface area (Å²) in [7, 11) is 1.44. The topological polar surface area (TPSA) is 35.5 Å². The van der Waals surface area contributed by atoms with E-state index in [-0.39, 0.29) is 24.0 Å². The van der Waals surface area contributed by atoms with Crippen molar-refractivity contribution in [2.24, 2.45) is 0 Å². The minimum Gasteiger partial charge on any atom is -0.494 e. The molecule has 0 unspecified atom stereocenters. The molecule has 18 heavy (non-hydrogen) atoms. The van der Waals surface area contributed by atoms with Gasteiger partial charge in [0.15, 0.2) is 11.6 Å². The standard InChI is InChI=1S/C14H19FO3/c1-4-11-10(7-9-13(16)18-5-2)6-8-12(17-3)14(11)15/h6,8H,4-5,7,9H2,1-3H3. The van der Waals surface area contributed by atoms with E-state index in [2.05, 4.69) is 0 Å². The van der Waals surface area contributed by atoms with Crippen LogP contribution < -0.4 is 4.74 Å². The highest BCUT2D eigenvalue weighted by Gasteiger charge is 2.13. The smallest absolute Gasteiger partial charge is 0.306 e. The van der Waals surface area contributed by atoms with E-state index >= 15 is 0 Å². The Balaban J connectivity index is 2.83. The van der Waals surface area contributed by atoms with Crippen LogP contribution >= 0.6 is 0 Å². The van der Waals surface area contributed by atoms with Gasteiger partial charge in [-0.15, -0.1) is 0 Å².